The van der Waals surface area contributed by atoms with Crippen LogP contribution in [0, 0.1) is 0 Å². The van der Waals surface area contributed by atoms with Gasteiger partial charge in [0.05, 0.1) is 25.9 Å². The van der Waals surface area contributed by atoms with Crippen molar-refractivity contribution >= 4 is 5.91 Å². The third-order valence-corrected chi connectivity index (χ3v) is 5.33. The highest BCUT2D eigenvalue weighted by atomic mass is 16.5. The first kappa shape index (κ1) is 28.3. The summed E-state index contributed by atoms with van der Waals surface area (Å²) in [5, 5.41) is 21.0. The number of carbonyl (C=O) groups is 1. The molecular formula is C23H48N2O4. The fourth-order valence-corrected chi connectivity index (χ4v) is 3.38. The molecule has 0 radical (unpaired) electrons. The van der Waals surface area contributed by atoms with E-state index in [-0.39, 0.29) is 25.2 Å². The molecule has 6 nitrogen and oxygen atoms in total. The molecule has 0 heterocycles. The summed E-state index contributed by atoms with van der Waals surface area (Å²) in [6.45, 7) is 7.29. The van der Waals surface area contributed by atoms with E-state index in [9.17, 15) is 4.79 Å². The van der Waals surface area contributed by atoms with Crippen molar-refractivity contribution in [1.29, 1.82) is 0 Å². The van der Waals surface area contributed by atoms with Crippen LogP contribution in [0.2, 0.25) is 0 Å². The molecular weight excluding hydrogens is 368 g/mol. The number of aliphatic hydroxyl groups is 2. The maximum atomic E-state index is 12.0. The number of aliphatic hydroxyl groups excluding tert-OH is 2. The predicted molar refractivity (Wildman–Crippen MR) is 120 cm³/mol. The molecule has 1 unspecified atom stereocenters. The van der Waals surface area contributed by atoms with Crippen LogP contribution >= 0.6 is 0 Å². The van der Waals surface area contributed by atoms with Crippen LogP contribution in [0.4, 0.5) is 0 Å². The maximum Gasteiger partial charge on any atom is 0.220 e. The van der Waals surface area contributed by atoms with E-state index in [1.54, 1.807) is 0 Å². The Kier molecular flexibility index (Phi) is 21.5. The SMILES string of the molecule is CCCCCCCCCCCCC(=O)NCC(CC)OCCN(CCO)CCO. The molecule has 0 saturated heterocycles. The second kappa shape index (κ2) is 22.0. The van der Waals surface area contributed by atoms with Gasteiger partial charge in [-0.05, 0) is 12.8 Å². The van der Waals surface area contributed by atoms with E-state index in [0.29, 0.717) is 39.2 Å². The standard InChI is InChI=1S/C23H48N2O4/c1-3-5-6-7-8-9-10-11-12-13-14-23(28)24-21-22(4-2)29-20-17-25(15-18-26)16-19-27/h22,26-27H,3-21H2,1-2H3,(H,24,28). The van der Waals surface area contributed by atoms with Gasteiger partial charge in [-0.15, -0.1) is 0 Å². The number of carbonyl (C=O) groups excluding carboxylic acids is 1. The predicted octanol–water partition coefficient (Wildman–Crippen LogP) is 3.50. The fraction of sp³-hybridized carbons (Fsp3) is 0.957. The molecule has 0 saturated carbocycles. The summed E-state index contributed by atoms with van der Waals surface area (Å²) < 4.78 is 5.85. The topological polar surface area (TPSA) is 82.0 Å². The number of ether oxygens (including phenoxy) is 1. The second-order valence-corrected chi connectivity index (χ2v) is 7.93. The average molecular weight is 417 g/mol. The zero-order valence-electron chi connectivity index (χ0n) is 19.2. The number of hydrogen-bond donors (Lipinski definition) is 3. The molecule has 29 heavy (non-hydrogen) atoms. The summed E-state index contributed by atoms with van der Waals surface area (Å²) in [5.41, 5.74) is 0. The molecule has 1 atom stereocenters. The smallest absolute Gasteiger partial charge is 0.220 e. The van der Waals surface area contributed by atoms with Gasteiger partial charge in [0.15, 0.2) is 0 Å². The van der Waals surface area contributed by atoms with Crippen LogP contribution in [0.3, 0.4) is 0 Å². The number of rotatable bonds is 22. The van der Waals surface area contributed by atoms with Crippen LogP contribution in [0.25, 0.3) is 0 Å². The molecule has 0 spiro atoms. The zero-order chi connectivity index (χ0) is 21.6. The van der Waals surface area contributed by atoms with E-state index < -0.39 is 0 Å². The van der Waals surface area contributed by atoms with E-state index in [4.69, 9.17) is 14.9 Å². The molecule has 0 aromatic rings. The molecule has 0 aliphatic rings. The Morgan fingerprint density at radius 2 is 1.41 bits per heavy atom. The summed E-state index contributed by atoms with van der Waals surface area (Å²) in [4.78, 5) is 14.0. The van der Waals surface area contributed by atoms with Crippen LogP contribution in [0.15, 0.2) is 0 Å². The minimum absolute atomic E-state index is 0.0109. The molecule has 1 amide bonds. The largest absolute Gasteiger partial charge is 0.395 e. The lowest BCUT2D eigenvalue weighted by atomic mass is 10.1. The Bertz CT molecular complexity index is 350. The van der Waals surface area contributed by atoms with E-state index >= 15 is 0 Å². The molecule has 0 aliphatic heterocycles. The van der Waals surface area contributed by atoms with Crippen LogP contribution < -0.4 is 5.32 Å². The Morgan fingerprint density at radius 3 is 1.93 bits per heavy atom. The van der Waals surface area contributed by atoms with E-state index in [0.717, 1.165) is 19.3 Å². The monoisotopic (exact) mass is 416 g/mol. The Morgan fingerprint density at radius 1 is 0.862 bits per heavy atom. The van der Waals surface area contributed by atoms with Gasteiger partial charge in [0.2, 0.25) is 5.91 Å². The number of nitrogens with one attached hydrogen (secondary N) is 1. The summed E-state index contributed by atoms with van der Waals surface area (Å²) >= 11 is 0. The van der Waals surface area contributed by atoms with Gasteiger partial charge in [-0.1, -0.05) is 71.6 Å². The van der Waals surface area contributed by atoms with Crippen molar-refractivity contribution in [3.8, 4) is 0 Å². The highest BCUT2D eigenvalue weighted by Crippen LogP contribution is 2.11. The van der Waals surface area contributed by atoms with Crippen molar-refractivity contribution < 1.29 is 19.7 Å². The quantitative estimate of drug-likeness (QED) is 0.235. The third-order valence-electron chi connectivity index (χ3n) is 5.33. The molecule has 0 bridgehead atoms. The molecule has 0 aromatic carbocycles. The first-order valence-corrected chi connectivity index (χ1v) is 12.0. The van der Waals surface area contributed by atoms with Crippen molar-refractivity contribution in [3.05, 3.63) is 0 Å². The van der Waals surface area contributed by atoms with Gasteiger partial charge in [0.1, 0.15) is 0 Å². The summed E-state index contributed by atoms with van der Waals surface area (Å²) in [6, 6.07) is 0. The lowest BCUT2D eigenvalue weighted by Gasteiger charge is -2.22. The van der Waals surface area contributed by atoms with Gasteiger partial charge >= 0.3 is 0 Å². The molecule has 0 aliphatic carbocycles. The summed E-state index contributed by atoms with van der Waals surface area (Å²) in [5.74, 6) is 0.119. The minimum atomic E-state index is 0.0109. The first-order chi connectivity index (χ1) is 14.2. The van der Waals surface area contributed by atoms with Gasteiger partial charge in [-0.3, -0.25) is 9.69 Å². The normalized spacial score (nSPS) is 12.4. The van der Waals surface area contributed by atoms with Gasteiger partial charge in [-0.2, -0.15) is 0 Å². The molecule has 0 rings (SSSR count). The zero-order valence-corrected chi connectivity index (χ0v) is 19.2. The lowest BCUT2D eigenvalue weighted by Crippen LogP contribution is -2.37. The maximum absolute atomic E-state index is 12.0. The van der Waals surface area contributed by atoms with Gasteiger partial charge in [-0.25, -0.2) is 0 Å². The van der Waals surface area contributed by atoms with E-state index in [1.807, 2.05) is 4.90 Å². The fourth-order valence-electron chi connectivity index (χ4n) is 3.38. The van der Waals surface area contributed by atoms with Crippen molar-refractivity contribution in [2.75, 3.05) is 46.0 Å². The Hall–Kier alpha value is -0.690. The molecule has 0 aromatic heterocycles. The Balaban J connectivity index is 3.64. The molecule has 0 fully saturated rings. The van der Waals surface area contributed by atoms with Crippen LogP contribution in [-0.2, 0) is 9.53 Å². The summed E-state index contributed by atoms with van der Waals surface area (Å²) in [7, 11) is 0. The molecule has 3 N–H and O–H groups in total. The number of amides is 1. The van der Waals surface area contributed by atoms with Crippen LogP contribution in [0.5, 0.6) is 0 Å². The average Bonchev–Trinajstić information content (AvgIpc) is 2.72. The first-order valence-electron chi connectivity index (χ1n) is 12.0. The third kappa shape index (κ3) is 19.0. The van der Waals surface area contributed by atoms with E-state index in [1.165, 1.54) is 51.4 Å². The highest BCUT2D eigenvalue weighted by molar-refractivity contribution is 5.75. The van der Waals surface area contributed by atoms with Crippen molar-refractivity contribution in [1.82, 2.24) is 10.2 Å². The van der Waals surface area contributed by atoms with Gasteiger partial charge in [0, 0.05) is 32.6 Å². The van der Waals surface area contributed by atoms with Gasteiger partial charge < -0.3 is 20.3 Å². The molecule has 174 valence electrons. The number of unbranched alkanes of at least 4 members (excludes halogenated alkanes) is 9. The second-order valence-electron chi connectivity index (χ2n) is 7.93. The van der Waals surface area contributed by atoms with Crippen molar-refractivity contribution in [2.24, 2.45) is 0 Å². The van der Waals surface area contributed by atoms with Crippen molar-refractivity contribution in [2.45, 2.75) is 97.0 Å². The highest BCUT2D eigenvalue weighted by Gasteiger charge is 2.10. The summed E-state index contributed by atoms with van der Waals surface area (Å²) in [6.07, 6.45) is 14.2. The molecule has 6 heteroatoms. The number of nitrogens with zero attached hydrogens (tertiary/aromatic N) is 1. The lowest BCUT2D eigenvalue weighted by molar-refractivity contribution is -0.121. The number of hydrogen-bond acceptors (Lipinski definition) is 5. The van der Waals surface area contributed by atoms with E-state index in [2.05, 4.69) is 19.2 Å². The van der Waals surface area contributed by atoms with Crippen molar-refractivity contribution in [3.63, 3.8) is 0 Å². The van der Waals surface area contributed by atoms with Crippen LogP contribution in [0.1, 0.15) is 90.9 Å². The Labute approximate surface area is 179 Å². The minimum Gasteiger partial charge on any atom is -0.395 e. The van der Waals surface area contributed by atoms with Crippen LogP contribution in [-0.4, -0.2) is 73.1 Å². The van der Waals surface area contributed by atoms with Gasteiger partial charge in [0.25, 0.3) is 0 Å².